The number of aliphatic hydroxyl groups is 1. The van der Waals surface area contributed by atoms with Gasteiger partial charge in [-0.3, -0.25) is 0 Å². The number of hydrogen-bond donors (Lipinski definition) is 2. The van der Waals surface area contributed by atoms with Crippen molar-refractivity contribution < 1.29 is 5.11 Å². The third-order valence-corrected chi connectivity index (χ3v) is 4.33. The van der Waals surface area contributed by atoms with Gasteiger partial charge in [0.15, 0.2) is 0 Å². The molecule has 1 heterocycles. The van der Waals surface area contributed by atoms with Crippen LogP contribution < -0.4 is 5.32 Å². The van der Waals surface area contributed by atoms with Crippen molar-refractivity contribution in [1.29, 1.82) is 0 Å². The summed E-state index contributed by atoms with van der Waals surface area (Å²) in [5.74, 6) is 0.612. The van der Waals surface area contributed by atoms with E-state index in [0.29, 0.717) is 12.0 Å². The molecule has 0 aromatic carbocycles. The van der Waals surface area contributed by atoms with Crippen molar-refractivity contribution >= 4 is 11.3 Å². The van der Waals surface area contributed by atoms with E-state index in [4.69, 9.17) is 0 Å². The maximum Gasteiger partial charge on any atom is 0.0584 e. The fourth-order valence-corrected chi connectivity index (χ4v) is 2.98. The molecule has 0 bridgehead atoms. The van der Waals surface area contributed by atoms with Crippen molar-refractivity contribution in [3.8, 4) is 0 Å². The molecule has 2 unspecified atom stereocenters. The normalized spacial score (nSPS) is 15.2. The predicted molar refractivity (Wildman–Crippen MR) is 75.6 cm³/mol. The first-order chi connectivity index (χ1) is 8.06. The molecule has 0 aliphatic heterocycles. The van der Waals surface area contributed by atoms with Crippen molar-refractivity contribution in [2.45, 2.75) is 52.6 Å². The first-order valence-corrected chi connectivity index (χ1v) is 7.34. The number of hydrogen-bond acceptors (Lipinski definition) is 3. The summed E-state index contributed by atoms with van der Waals surface area (Å²) in [5, 5.41) is 12.9. The Bertz CT molecular complexity index is 322. The molecule has 1 aromatic heterocycles. The molecule has 0 fully saturated rings. The second-order valence-corrected chi connectivity index (χ2v) is 6.25. The zero-order valence-electron chi connectivity index (χ0n) is 11.4. The molecule has 17 heavy (non-hydrogen) atoms. The molecule has 0 amide bonds. The van der Waals surface area contributed by atoms with Gasteiger partial charge in [0.25, 0.3) is 0 Å². The van der Waals surface area contributed by atoms with E-state index >= 15 is 0 Å². The summed E-state index contributed by atoms with van der Waals surface area (Å²) in [6, 6.07) is 4.94. The van der Waals surface area contributed by atoms with Crippen molar-refractivity contribution in [2.24, 2.45) is 5.92 Å². The van der Waals surface area contributed by atoms with Gasteiger partial charge in [0.05, 0.1) is 6.61 Å². The quantitative estimate of drug-likeness (QED) is 0.783. The van der Waals surface area contributed by atoms with Gasteiger partial charge in [0, 0.05) is 21.8 Å². The van der Waals surface area contributed by atoms with E-state index in [1.807, 2.05) is 11.3 Å². The largest absolute Gasteiger partial charge is 0.395 e. The monoisotopic (exact) mass is 255 g/mol. The van der Waals surface area contributed by atoms with E-state index in [2.05, 4.69) is 45.1 Å². The van der Waals surface area contributed by atoms with Crippen molar-refractivity contribution in [2.75, 3.05) is 6.61 Å². The van der Waals surface area contributed by atoms with Crippen LogP contribution in [0.15, 0.2) is 12.1 Å². The van der Waals surface area contributed by atoms with Gasteiger partial charge in [-0.05, 0) is 37.8 Å². The number of nitrogens with one attached hydrogen (secondary N) is 1. The summed E-state index contributed by atoms with van der Waals surface area (Å²) in [6.07, 6.45) is 2.12. The Morgan fingerprint density at radius 2 is 2.00 bits per heavy atom. The fraction of sp³-hybridized carbons (Fsp3) is 0.714. The van der Waals surface area contributed by atoms with Crippen LogP contribution in [0.2, 0.25) is 0 Å². The fourth-order valence-electron chi connectivity index (χ4n) is 2.02. The van der Waals surface area contributed by atoms with Gasteiger partial charge in [-0.1, -0.05) is 20.8 Å². The Labute approximate surface area is 109 Å². The van der Waals surface area contributed by atoms with E-state index in [9.17, 15) is 5.11 Å². The van der Waals surface area contributed by atoms with E-state index in [-0.39, 0.29) is 12.6 Å². The molecule has 0 saturated carbocycles. The lowest BCUT2D eigenvalue weighted by Gasteiger charge is -2.22. The van der Waals surface area contributed by atoms with Crippen LogP contribution in [0.5, 0.6) is 0 Å². The molecule has 0 saturated heterocycles. The molecule has 98 valence electrons. The van der Waals surface area contributed by atoms with Crippen LogP contribution in [-0.4, -0.2) is 17.8 Å². The van der Waals surface area contributed by atoms with Gasteiger partial charge >= 0.3 is 0 Å². The number of thiophene rings is 1. The summed E-state index contributed by atoms with van der Waals surface area (Å²) in [6.45, 7) is 8.95. The average Bonchev–Trinajstić information content (AvgIpc) is 2.75. The first-order valence-electron chi connectivity index (χ1n) is 6.52. The molecule has 0 aliphatic carbocycles. The van der Waals surface area contributed by atoms with Crippen LogP contribution in [0, 0.1) is 5.92 Å². The number of aliphatic hydroxyl groups excluding tert-OH is 1. The van der Waals surface area contributed by atoms with Crippen LogP contribution >= 0.6 is 11.3 Å². The van der Waals surface area contributed by atoms with Crippen LogP contribution in [-0.2, 0) is 6.42 Å². The molecule has 0 spiro atoms. The maximum absolute atomic E-state index is 9.36. The Balaban J connectivity index is 2.54. The molecular formula is C14H25NOS. The summed E-state index contributed by atoms with van der Waals surface area (Å²) >= 11 is 1.87. The molecule has 0 radical (unpaired) electrons. The molecular weight excluding hydrogens is 230 g/mol. The lowest BCUT2D eigenvalue weighted by Crippen LogP contribution is -2.35. The predicted octanol–water partition coefficient (Wildman–Crippen LogP) is 3.37. The van der Waals surface area contributed by atoms with E-state index < -0.39 is 0 Å². The summed E-state index contributed by atoms with van der Waals surface area (Å²) in [7, 11) is 0. The van der Waals surface area contributed by atoms with Gasteiger partial charge in [0.2, 0.25) is 0 Å². The molecule has 1 rings (SSSR count). The maximum atomic E-state index is 9.36. The summed E-state index contributed by atoms with van der Waals surface area (Å²) in [5.41, 5.74) is 0. The van der Waals surface area contributed by atoms with E-state index in [1.165, 1.54) is 9.75 Å². The second kappa shape index (κ2) is 7.14. The highest BCUT2D eigenvalue weighted by atomic mass is 32.1. The molecule has 2 nitrogen and oxygen atoms in total. The third kappa shape index (κ3) is 4.78. The molecule has 1 aromatic rings. The third-order valence-electron chi connectivity index (χ3n) is 2.92. The average molecular weight is 255 g/mol. The molecule has 0 aliphatic rings. The zero-order valence-corrected chi connectivity index (χ0v) is 12.2. The smallest absolute Gasteiger partial charge is 0.0584 e. The lowest BCUT2D eigenvalue weighted by molar-refractivity contribution is 0.216. The first kappa shape index (κ1) is 14.7. The van der Waals surface area contributed by atoms with E-state index in [1.54, 1.807) is 0 Å². The zero-order chi connectivity index (χ0) is 12.8. The highest BCUT2D eigenvalue weighted by molar-refractivity contribution is 7.12. The van der Waals surface area contributed by atoms with Crippen LogP contribution in [0.25, 0.3) is 0 Å². The van der Waals surface area contributed by atoms with Crippen molar-refractivity contribution in [3.05, 3.63) is 21.9 Å². The van der Waals surface area contributed by atoms with Gasteiger partial charge in [-0.2, -0.15) is 0 Å². The standard InChI is InChI=1S/C14H25NOS/c1-5-13-6-7-14(17-13)11(4)15-12(9-16)8-10(2)3/h6-7,10-12,15-16H,5,8-9H2,1-4H3. The Hall–Kier alpha value is -0.380. The topological polar surface area (TPSA) is 32.3 Å². The number of rotatable bonds is 7. The van der Waals surface area contributed by atoms with Crippen LogP contribution in [0.3, 0.4) is 0 Å². The minimum atomic E-state index is 0.206. The number of aryl methyl sites for hydroxylation is 1. The molecule has 3 heteroatoms. The summed E-state index contributed by atoms with van der Waals surface area (Å²) < 4.78 is 0. The Morgan fingerprint density at radius 1 is 1.29 bits per heavy atom. The summed E-state index contributed by atoms with van der Waals surface area (Å²) in [4.78, 5) is 2.79. The van der Waals surface area contributed by atoms with Gasteiger partial charge in [0.1, 0.15) is 0 Å². The van der Waals surface area contributed by atoms with Gasteiger partial charge in [-0.15, -0.1) is 11.3 Å². The van der Waals surface area contributed by atoms with Crippen molar-refractivity contribution in [3.63, 3.8) is 0 Å². The Morgan fingerprint density at radius 3 is 2.47 bits per heavy atom. The molecule has 2 atom stereocenters. The Kier molecular flexibility index (Phi) is 6.17. The highest BCUT2D eigenvalue weighted by Gasteiger charge is 2.15. The second-order valence-electron chi connectivity index (χ2n) is 5.06. The van der Waals surface area contributed by atoms with Gasteiger partial charge in [-0.25, -0.2) is 0 Å². The minimum Gasteiger partial charge on any atom is -0.395 e. The molecule has 2 N–H and O–H groups in total. The van der Waals surface area contributed by atoms with Crippen LogP contribution in [0.1, 0.15) is 49.9 Å². The van der Waals surface area contributed by atoms with E-state index in [0.717, 1.165) is 12.8 Å². The minimum absolute atomic E-state index is 0.206. The highest BCUT2D eigenvalue weighted by Crippen LogP contribution is 2.24. The SMILES string of the molecule is CCc1ccc(C(C)NC(CO)CC(C)C)s1. The van der Waals surface area contributed by atoms with Crippen LogP contribution in [0.4, 0.5) is 0 Å². The van der Waals surface area contributed by atoms with Crippen molar-refractivity contribution in [1.82, 2.24) is 5.32 Å². The lowest BCUT2D eigenvalue weighted by atomic mass is 10.0. The van der Waals surface area contributed by atoms with Gasteiger partial charge < -0.3 is 10.4 Å².